The maximum Gasteiger partial charge on any atom is 0.139 e. The second kappa shape index (κ2) is 4.12. The van der Waals surface area contributed by atoms with E-state index in [2.05, 4.69) is 16.2 Å². The Labute approximate surface area is 83.5 Å². The zero-order chi connectivity index (χ0) is 9.80. The fourth-order valence-corrected chi connectivity index (χ4v) is 1.48. The molecule has 0 amide bonds. The van der Waals surface area contributed by atoms with Crippen molar-refractivity contribution in [3.8, 4) is 18.1 Å². The van der Waals surface area contributed by atoms with E-state index in [1.807, 2.05) is 6.07 Å². The normalized spacial score (nSPS) is 20.4. The molecule has 1 atom stereocenters. The number of rotatable bonds is 2. The minimum absolute atomic E-state index is 0.254. The standard InChI is InChI=1S/C11H12N2O/c1-2-9-5-11(8-13-6-9)14-10-3-4-12-7-10/h1,5-6,8,10,12H,3-4,7H2/t10-/m1/s1. The Bertz CT molecular complexity index is 351. The molecule has 1 aromatic rings. The van der Waals surface area contributed by atoms with E-state index in [4.69, 9.17) is 11.2 Å². The molecule has 2 rings (SSSR count). The van der Waals surface area contributed by atoms with Crippen LogP contribution in [-0.4, -0.2) is 24.2 Å². The van der Waals surface area contributed by atoms with Gasteiger partial charge < -0.3 is 10.1 Å². The number of ether oxygens (including phenoxy) is 1. The van der Waals surface area contributed by atoms with E-state index in [9.17, 15) is 0 Å². The maximum atomic E-state index is 5.70. The molecule has 1 aliphatic heterocycles. The minimum Gasteiger partial charge on any atom is -0.487 e. The molecule has 0 radical (unpaired) electrons. The van der Waals surface area contributed by atoms with Crippen LogP contribution in [0.5, 0.6) is 5.75 Å². The number of aromatic nitrogens is 1. The second-order valence-corrected chi connectivity index (χ2v) is 3.29. The van der Waals surface area contributed by atoms with Crippen LogP contribution >= 0.6 is 0 Å². The predicted octanol–water partition coefficient (Wildman–Crippen LogP) is 0.804. The average Bonchev–Trinajstić information content (AvgIpc) is 2.71. The Morgan fingerprint density at radius 2 is 2.50 bits per heavy atom. The predicted molar refractivity (Wildman–Crippen MR) is 54.1 cm³/mol. The van der Waals surface area contributed by atoms with E-state index in [0.717, 1.165) is 30.8 Å². The molecule has 1 aromatic heterocycles. The van der Waals surface area contributed by atoms with Gasteiger partial charge in [-0.05, 0) is 19.0 Å². The Morgan fingerprint density at radius 3 is 3.21 bits per heavy atom. The average molecular weight is 188 g/mol. The zero-order valence-corrected chi connectivity index (χ0v) is 7.86. The lowest BCUT2D eigenvalue weighted by atomic mass is 10.3. The van der Waals surface area contributed by atoms with E-state index < -0.39 is 0 Å². The highest BCUT2D eigenvalue weighted by Crippen LogP contribution is 2.14. The number of nitrogens with zero attached hydrogens (tertiary/aromatic N) is 1. The van der Waals surface area contributed by atoms with Crippen molar-refractivity contribution in [3.63, 3.8) is 0 Å². The molecule has 1 aliphatic rings. The molecule has 3 heteroatoms. The van der Waals surface area contributed by atoms with Crippen LogP contribution in [0.15, 0.2) is 18.5 Å². The lowest BCUT2D eigenvalue weighted by Crippen LogP contribution is -2.19. The van der Waals surface area contributed by atoms with Crippen molar-refractivity contribution in [2.75, 3.05) is 13.1 Å². The SMILES string of the molecule is C#Cc1cncc(O[C@@H]2CCNC2)c1. The molecule has 14 heavy (non-hydrogen) atoms. The van der Waals surface area contributed by atoms with Gasteiger partial charge in [0, 0.05) is 18.3 Å². The summed E-state index contributed by atoms with van der Waals surface area (Å²) in [5, 5.41) is 3.24. The van der Waals surface area contributed by atoms with Crippen LogP contribution in [0.1, 0.15) is 12.0 Å². The van der Waals surface area contributed by atoms with Crippen LogP contribution in [0.3, 0.4) is 0 Å². The molecule has 0 aliphatic carbocycles. The first-order chi connectivity index (χ1) is 6.88. The second-order valence-electron chi connectivity index (χ2n) is 3.29. The molecule has 0 aromatic carbocycles. The van der Waals surface area contributed by atoms with Crippen LogP contribution in [0, 0.1) is 12.3 Å². The summed E-state index contributed by atoms with van der Waals surface area (Å²) in [5.74, 6) is 3.29. The molecule has 3 nitrogen and oxygen atoms in total. The molecule has 72 valence electrons. The van der Waals surface area contributed by atoms with Crippen LogP contribution in [-0.2, 0) is 0 Å². The van der Waals surface area contributed by atoms with E-state index in [0.29, 0.717) is 0 Å². The van der Waals surface area contributed by atoms with Gasteiger partial charge in [0.2, 0.25) is 0 Å². The van der Waals surface area contributed by atoms with Gasteiger partial charge in [0.1, 0.15) is 11.9 Å². The van der Waals surface area contributed by atoms with Gasteiger partial charge >= 0.3 is 0 Å². The summed E-state index contributed by atoms with van der Waals surface area (Å²) >= 11 is 0. The van der Waals surface area contributed by atoms with Gasteiger partial charge in [0.25, 0.3) is 0 Å². The van der Waals surface area contributed by atoms with Crippen molar-refractivity contribution in [1.82, 2.24) is 10.3 Å². The van der Waals surface area contributed by atoms with Crippen molar-refractivity contribution in [1.29, 1.82) is 0 Å². The quantitative estimate of drug-likeness (QED) is 0.697. The molecular formula is C11H12N2O. The fourth-order valence-electron chi connectivity index (χ4n) is 1.48. The lowest BCUT2D eigenvalue weighted by Gasteiger charge is -2.11. The summed E-state index contributed by atoms with van der Waals surface area (Å²) in [7, 11) is 0. The van der Waals surface area contributed by atoms with Gasteiger partial charge in [-0.25, -0.2) is 0 Å². The van der Waals surface area contributed by atoms with E-state index >= 15 is 0 Å². The minimum atomic E-state index is 0.254. The van der Waals surface area contributed by atoms with Crippen LogP contribution in [0.4, 0.5) is 0 Å². The summed E-state index contributed by atoms with van der Waals surface area (Å²) in [5.41, 5.74) is 0.758. The highest BCUT2D eigenvalue weighted by atomic mass is 16.5. The summed E-state index contributed by atoms with van der Waals surface area (Å²) in [6.45, 7) is 1.92. The van der Waals surface area contributed by atoms with Gasteiger partial charge in [-0.2, -0.15) is 0 Å². The number of nitrogens with one attached hydrogen (secondary N) is 1. The van der Waals surface area contributed by atoms with Gasteiger partial charge in [0.05, 0.1) is 6.20 Å². The molecule has 0 saturated carbocycles. The van der Waals surface area contributed by atoms with Crippen molar-refractivity contribution in [3.05, 3.63) is 24.0 Å². The molecular weight excluding hydrogens is 176 g/mol. The Morgan fingerprint density at radius 1 is 1.57 bits per heavy atom. The Balaban J connectivity index is 2.05. The molecule has 0 bridgehead atoms. The molecule has 0 spiro atoms. The molecule has 1 fully saturated rings. The van der Waals surface area contributed by atoms with Crippen molar-refractivity contribution in [2.45, 2.75) is 12.5 Å². The third-order valence-electron chi connectivity index (χ3n) is 2.20. The van der Waals surface area contributed by atoms with Crippen LogP contribution in [0.25, 0.3) is 0 Å². The van der Waals surface area contributed by atoms with Crippen molar-refractivity contribution >= 4 is 0 Å². The van der Waals surface area contributed by atoms with Gasteiger partial charge in [-0.1, -0.05) is 5.92 Å². The summed E-state index contributed by atoms with van der Waals surface area (Å²) < 4.78 is 5.70. The summed E-state index contributed by atoms with van der Waals surface area (Å²) in [6.07, 6.45) is 9.91. The number of hydrogen-bond donors (Lipinski definition) is 1. The Hall–Kier alpha value is -1.53. The number of pyridine rings is 1. The van der Waals surface area contributed by atoms with Gasteiger partial charge in [0.15, 0.2) is 0 Å². The smallest absolute Gasteiger partial charge is 0.139 e. The maximum absolute atomic E-state index is 5.70. The van der Waals surface area contributed by atoms with E-state index in [1.165, 1.54) is 0 Å². The lowest BCUT2D eigenvalue weighted by molar-refractivity contribution is 0.222. The first-order valence-corrected chi connectivity index (χ1v) is 4.67. The Kier molecular flexibility index (Phi) is 2.66. The fraction of sp³-hybridized carbons (Fsp3) is 0.364. The number of terminal acetylenes is 1. The monoisotopic (exact) mass is 188 g/mol. The third-order valence-corrected chi connectivity index (χ3v) is 2.20. The van der Waals surface area contributed by atoms with Crippen molar-refractivity contribution in [2.24, 2.45) is 0 Å². The molecule has 2 heterocycles. The van der Waals surface area contributed by atoms with Crippen LogP contribution < -0.4 is 10.1 Å². The first-order valence-electron chi connectivity index (χ1n) is 4.67. The summed E-state index contributed by atoms with van der Waals surface area (Å²) in [4.78, 5) is 4.01. The molecule has 1 saturated heterocycles. The first kappa shape index (κ1) is 9.04. The largest absolute Gasteiger partial charge is 0.487 e. The molecule has 1 N–H and O–H groups in total. The molecule has 0 unspecified atom stereocenters. The highest BCUT2D eigenvalue weighted by Gasteiger charge is 2.15. The third kappa shape index (κ3) is 2.04. The summed E-state index contributed by atoms with van der Waals surface area (Å²) in [6, 6.07) is 1.84. The number of hydrogen-bond acceptors (Lipinski definition) is 3. The van der Waals surface area contributed by atoms with Gasteiger partial charge in [-0.3, -0.25) is 4.98 Å². The van der Waals surface area contributed by atoms with E-state index in [1.54, 1.807) is 12.4 Å². The highest BCUT2D eigenvalue weighted by molar-refractivity contribution is 5.34. The van der Waals surface area contributed by atoms with Crippen LogP contribution in [0.2, 0.25) is 0 Å². The topological polar surface area (TPSA) is 34.1 Å². The van der Waals surface area contributed by atoms with Gasteiger partial charge in [-0.15, -0.1) is 6.42 Å². The van der Waals surface area contributed by atoms with E-state index in [-0.39, 0.29) is 6.10 Å². The zero-order valence-electron chi connectivity index (χ0n) is 7.86. The van der Waals surface area contributed by atoms with Crippen molar-refractivity contribution < 1.29 is 4.74 Å².